The molecule has 4 heteroatoms. The molecule has 4 nitrogen and oxygen atoms in total. The van der Waals surface area contributed by atoms with Gasteiger partial charge in [0.25, 0.3) is 0 Å². The van der Waals surface area contributed by atoms with Crippen molar-refractivity contribution in [3.05, 3.63) is 0 Å². The van der Waals surface area contributed by atoms with Crippen molar-refractivity contribution in [2.24, 2.45) is 0 Å². The van der Waals surface area contributed by atoms with Crippen LogP contribution < -0.4 is 0 Å². The zero-order valence-electron chi connectivity index (χ0n) is 7.74. The highest BCUT2D eigenvalue weighted by Gasteiger charge is 2.11. The standard InChI is InChI=1S/C8H16O4/c1-4-11-6(2)5-7(3)12-8(9)10/h6-7H,4-5H2,1-3H3,(H,9,10). The maximum atomic E-state index is 10.1. The molecule has 0 aromatic rings. The minimum atomic E-state index is -1.23. The van der Waals surface area contributed by atoms with Crippen molar-refractivity contribution < 1.29 is 19.4 Å². The van der Waals surface area contributed by atoms with Crippen molar-refractivity contribution in [3.63, 3.8) is 0 Å². The molecule has 0 saturated heterocycles. The zero-order valence-corrected chi connectivity index (χ0v) is 7.74. The second kappa shape index (κ2) is 5.83. The van der Waals surface area contributed by atoms with Gasteiger partial charge in [-0.05, 0) is 20.8 Å². The average molecular weight is 176 g/mol. The molecule has 2 atom stereocenters. The molecule has 0 radical (unpaired) electrons. The number of rotatable bonds is 5. The zero-order chi connectivity index (χ0) is 9.56. The molecule has 0 amide bonds. The molecule has 0 aliphatic carbocycles. The summed E-state index contributed by atoms with van der Waals surface area (Å²) < 4.78 is 9.72. The van der Waals surface area contributed by atoms with Gasteiger partial charge in [0, 0.05) is 13.0 Å². The van der Waals surface area contributed by atoms with Crippen LogP contribution in [-0.2, 0) is 9.47 Å². The smallest absolute Gasteiger partial charge is 0.450 e. The summed E-state index contributed by atoms with van der Waals surface area (Å²) in [4.78, 5) is 10.1. The molecule has 0 aliphatic heterocycles. The van der Waals surface area contributed by atoms with Crippen LogP contribution in [0.3, 0.4) is 0 Å². The van der Waals surface area contributed by atoms with E-state index in [1.54, 1.807) is 6.92 Å². The Morgan fingerprint density at radius 2 is 2.00 bits per heavy atom. The molecule has 0 aromatic heterocycles. The summed E-state index contributed by atoms with van der Waals surface area (Å²) in [5, 5.41) is 8.26. The molecule has 1 N–H and O–H groups in total. The quantitative estimate of drug-likeness (QED) is 0.650. The van der Waals surface area contributed by atoms with E-state index in [0.717, 1.165) is 0 Å². The molecule has 0 rings (SSSR count). The van der Waals surface area contributed by atoms with Crippen molar-refractivity contribution in [2.75, 3.05) is 6.61 Å². The normalized spacial score (nSPS) is 15.2. The summed E-state index contributed by atoms with van der Waals surface area (Å²) in [7, 11) is 0. The molecular weight excluding hydrogens is 160 g/mol. The molecule has 2 unspecified atom stereocenters. The molecule has 0 spiro atoms. The first-order valence-corrected chi connectivity index (χ1v) is 4.07. The molecule has 0 aliphatic rings. The second-order valence-electron chi connectivity index (χ2n) is 2.70. The van der Waals surface area contributed by atoms with Crippen LogP contribution in [0.5, 0.6) is 0 Å². The predicted octanol–water partition coefficient (Wildman–Crippen LogP) is 1.88. The maximum Gasteiger partial charge on any atom is 0.506 e. The van der Waals surface area contributed by atoms with Gasteiger partial charge in [0.2, 0.25) is 0 Å². The van der Waals surface area contributed by atoms with E-state index in [4.69, 9.17) is 9.84 Å². The molecular formula is C8H16O4. The molecule has 0 aromatic carbocycles. The Hall–Kier alpha value is -0.770. The minimum absolute atomic E-state index is 0.0457. The van der Waals surface area contributed by atoms with Crippen LogP contribution in [0.15, 0.2) is 0 Å². The Labute approximate surface area is 72.5 Å². The van der Waals surface area contributed by atoms with Gasteiger partial charge < -0.3 is 14.6 Å². The summed E-state index contributed by atoms with van der Waals surface area (Å²) in [5.74, 6) is 0. The lowest BCUT2D eigenvalue weighted by Crippen LogP contribution is -2.20. The van der Waals surface area contributed by atoms with Gasteiger partial charge >= 0.3 is 6.16 Å². The molecule has 0 heterocycles. The lowest BCUT2D eigenvalue weighted by molar-refractivity contribution is 0.0110. The minimum Gasteiger partial charge on any atom is -0.450 e. The summed E-state index contributed by atoms with van der Waals surface area (Å²) >= 11 is 0. The largest absolute Gasteiger partial charge is 0.506 e. The van der Waals surface area contributed by atoms with Gasteiger partial charge in [0.05, 0.1) is 6.10 Å². The number of hydrogen-bond donors (Lipinski definition) is 1. The van der Waals surface area contributed by atoms with Crippen molar-refractivity contribution in [1.29, 1.82) is 0 Å². The van der Waals surface area contributed by atoms with Crippen molar-refractivity contribution in [1.82, 2.24) is 0 Å². The van der Waals surface area contributed by atoms with Crippen molar-refractivity contribution >= 4 is 6.16 Å². The summed E-state index contributed by atoms with van der Waals surface area (Å²) in [5.41, 5.74) is 0. The highest BCUT2D eigenvalue weighted by Crippen LogP contribution is 2.05. The van der Waals surface area contributed by atoms with Gasteiger partial charge in [-0.3, -0.25) is 0 Å². The third-order valence-electron chi connectivity index (χ3n) is 1.42. The van der Waals surface area contributed by atoms with E-state index in [2.05, 4.69) is 4.74 Å². The Morgan fingerprint density at radius 1 is 1.42 bits per heavy atom. The molecule has 0 bridgehead atoms. The lowest BCUT2D eigenvalue weighted by atomic mass is 10.2. The van der Waals surface area contributed by atoms with Gasteiger partial charge in [-0.2, -0.15) is 0 Å². The lowest BCUT2D eigenvalue weighted by Gasteiger charge is -2.15. The summed E-state index contributed by atoms with van der Waals surface area (Å²) in [6.45, 7) is 6.15. The Morgan fingerprint density at radius 3 is 2.42 bits per heavy atom. The summed E-state index contributed by atoms with van der Waals surface area (Å²) in [6.07, 6.45) is -0.889. The first kappa shape index (κ1) is 11.2. The highest BCUT2D eigenvalue weighted by molar-refractivity contribution is 5.56. The highest BCUT2D eigenvalue weighted by atomic mass is 16.7. The van der Waals surface area contributed by atoms with Crippen LogP contribution in [0.25, 0.3) is 0 Å². The van der Waals surface area contributed by atoms with Crippen LogP contribution >= 0.6 is 0 Å². The Balaban J connectivity index is 3.53. The summed E-state index contributed by atoms with van der Waals surface area (Å²) in [6, 6.07) is 0. The topological polar surface area (TPSA) is 55.8 Å². The van der Waals surface area contributed by atoms with E-state index in [0.29, 0.717) is 13.0 Å². The van der Waals surface area contributed by atoms with Crippen LogP contribution in [0.2, 0.25) is 0 Å². The number of carbonyl (C=O) groups is 1. The number of ether oxygens (including phenoxy) is 2. The molecule has 0 fully saturated rings. The first-order chi connectivity index (χ1) is 5.56. The van der Waals surface area contributed by atoms with Gasteiger partial charge in [-0.15, -0.1) is 0 Å². The van der Waals surface area contributed by atoms with E-state index in [-0.39, 0.29) is 12.2 Å². The fourth-order valence-electron chi connectivity index (χ4n) is 1.04. The van der Waals surface area contributed by atoms with E-state index < -0.39 is 6.16 Å². The first-order valence-electron chi connectivity index (χ1n) is 4.07. The van der Waals surface area contributed by atoms with E-state index >= 15 is 0 Å². The van der Waals surface area contributed by atoms with E-state index in [1.165, 1.54) is 0 Å². The SMILES string of the molecule is CCOC(C)CC(C)OC(=O)O. The van der Waals surface area contributed by atoms with Gasteiger partial charge in [-0.1, -0.05) is 0 Å². The number of hydrogen-bond acceptors (Lipinski definition) is 3. The van der Waals surface area contributed by atoms with Crippen LogP contribution in [0.4, 0.5) is 4.79 Å². The third-order valence-corrected chi connectivity index (χ3v) is 1.42. The number of carboxylic acid groups (broad SMARTS) is 1. The van der Waals surface area contributed by atoms with Gasteiger partial charge in [0.1, 0.15) is 6.10 Å². The van der Waals surface area contributed by atoms with Gasteiger partial charge in [0.15, 0.2) is 0 Å². The Kier molecular flexibility index (Phi) is 5.45. The Bertz CT molecular complexity index is 135. The van der Waals surface area contributed by atoms with Crippen molar-refractivity contribution in [2.45, 2.75) is 39.4 Å². The van der Waals surface area contributed by atoms with Crippen LogP contribution in [0.1, 0.15) is 27.2 Å². The van der Waals surface area contributed by atoms with Crippen molar-refractivity contribution in [3.8, 4) is 0 Å². The van der Waals surface area contributed by atoms with Crippen LogP contribution in [0, 0.1) is 0 Å². The monoisotopic (exact) mass is 176 g/mol. The average Bonchev–Trinajstić information content (AvgIpc) is 1.84. The van der Waals surface area contributed by atoms with Crippen LogP contribution in [-0.4, -0.2) is 30.1 Å². The third kappa shape index (κ3) is 5.97. The van der Waals surface area contributed by atoms with E-state index in [1.807, 2.05) is 13.8 Å². The second-order valence-corrected chi connectivity index (χ2v) is 2.70. The molecule has 12 heavy (non-hydrogen) atoms. The van der Waals surface area contributed by atoms with Gasteiger partial charge in [-0.25, -0.2) is 4.79 Å². The molecule has 0 saturated carbocycles. The van der Waals surface area contributed by atoms with E-state index in [9.17, 15) is 4.79 Å². The fraction of sp³-hybridized carbons (Fsp3) is 0.875. The maximum absolute atomic E-state index is 10.1. The predicted molar refractivity (Wildman–Crippen MR) is 44.3 cm³/mol. The molecule has 72 valence electrons. The fourth-order valence-corrected chi connectivity index (χ4v) is 1.04.